The summed E-state index contributed by atoms with van der Waals surface area (Å²) in [5, 5.41) is 12.2. The summed E-state index contributed by atoms with van der Waals surface area (Å²) in [4.78, 5) is 12.5. The van der Waals surface area contributed by atoms with Gasteiger partial charge in [-0.1, -0.05) is 54.6 Å². The molecular formula is C25H21FN2O2. The van der Waals surface area contributed by atoms with Crippen molar-refractivity contribution >= 4 is 12.0 Å². The van der Waals surface area contributed by atoms with Crippen LogP contribution in [0.3, 0.4) is 0 Å². The van der Waals surface area contributed by atoms with E-state index in [2.05, 4.69) is 5.32 Å². The second-order valence-electron chi connectivity index (χ2n) is 6.76. The summed E-state index contributed by atoms with van der Waals surface area (Å²) in [6.07, 6.45) is 1.54. The molecule has 0 aliphatic rings. The second kappa shape index (κ2) is 10.0. The van der Waals surface area contributed by atoms with E-state index in [4.69, 9.17) is 4.74 Å². The molecule has 0 aromatic heterocycles. The predicted molar refractivity (Wildman–Crippen MR) is 114 cm³/mol. The third-order valence-electron chi connectivity index (χ3n) is 4.52. The van der Waals surface area contributed by atoms with E-state index < -0.39 is 5.91 Å². The van der Waals surface area contributed by atoms with Gasteiger partial charge in [0.15, 0.2) is 0 Å². The van der Waals surface area contributed by atoms with E-state index in [0.717, 1.165) is 11.1 Å². The fourth-order valence-corrected chi connectivity index (χ4v) is 2.82. The van der Waals surface area contributed by atoms with Crippen LogP contribution in [-0.4, -0.2) is 5.91 Å². The molecule has 0 aliphatic heterocycles. The van der Waals surface area contributed by atoms with Gasteiger partial charge in [0, 0.05) is 0 Å². The first-order valence-corrected chi connectivity index (χ1v) is 9.50. The first-order chi connectivity index (χ1) is 14.5. The van der Waals surface area contributed by atoms with Gasteiger partial charge in [0.1, 0.15) is 29.8 Å². The van der Waals surface area contributed by atoms with Crippen molar-refractivity contribution in [2.45, 2.75) is 19.6 Å². The Hall–Kier alpha value is -3.91. The van der Waals surface area contributed by atoms with Crippen molar-refractivity contribution < 1.29 is 13.9 Å². The Balaban J connectivity index is 1.61. The first-order valence-electron chi connectivity index (χ1n) is 9.50. The Bertz CT molecular complexity index is 1050. The Morgan fingerprint density at radius 3 is 2.37 bits per heavy atom. The molecule has 30 heavy (non-hydrogen) atoms. The third-order valence-corrected chi connectivity index (χ3v) is 4.52. The smallest absolute Gasteiger partial charge is 0.262 e. The highest BCUT2D eigenvalue weighted by Crippen LogP contribution is 2.17. The summed E-state index contributed by atoms with van der Waals surface area (Å²) in [6, 6.07) is 24.5. The average Bonchev–Trinajstić information content (AvgIpc) is 2.78. The largest absolute Gasteiger partial charge is 0.489 e. The van der Waals surface area contributed by atoms with Gasteiger partial charge in [-0.05, 0) is 54.0 Å². The Kier molecular flexibility index (Phi) is 6.96. The van der Waals surface area contributed by atoms with Crippen molar-refractivity contribution in [2.75, 3.05) is 0 Å². The number of amides is 1. The summed E-state index contributed by atoms with van der Waals surface area (Å²) in [5.41, 5.74) is 2.56. The number of nitrogens with one attached hydrogen (secondary N) is 1. The van der Waals surface area contributed by atoms with Crippen molar-refractivity contribution in [3.63, 3.8) is 0 Å². The molecule has 0 saturated carbocycles. The minimum Gasteiger partial charge on any atom is -0.489 e. The summed E-state index contributed by atoms with van der Waals surface area (Å²) >= 11 is 0. The molecule has 150 valence electrons. The van der Waals surface area contributed by atoms with Crippen LogP contribution in [0.2, 0.25) is 0 Å². The van der Waals surface area contributed by atoms with Crippen LogP contribution in [0.4, 0.5) is 4.39 Å². The minimum absolute atomic E-state index is 0.0257. The highest BCUT2D eigenvalue weighted by Gasteiger charge is 2.13. The molecule has 0 radical (unpaired) electrons. The number of nitriles is 1. The lowest BCUT2D eigenvalue weighted by Gasteiger charge is -2.13. The van der Waals surface area contributed by atoms with Crippen molar-refractivity contribution in [2.24, 2.45) is 0 Å². The second-order valence-corrected chi connectivity index (χ2v) is 6.76. The average molecular weight is 400 g/mol. The van der Waals surface area contributed by atoms with Gasteiger partial charge >= 0.3 is 0 Å². The topological polar surface area (TPSA) is 62.1 Å². The van der Waals surface area contributed by atoms with Gasteiger partial charge in [0.05, 0.1) is 6.04 Å². The number of hydrogen-bond donors (Lipinski definition) is 1. The van der Waals surface area contributed by atoms with Crippen molar-refractivity contribution in [3.8, 4) is 11.8 Å². The number of nitrogens with zero attached hydrogens (tertiary/aromatic N) is 1. The summed E-state index contributed by atoms with van der Waals surface area (Å²) in [5.74, 6) is -0.0759. The fraction of sp³-hybridized carbons (Fsp3) is 0.120. The van der Waals surface area contributed by atoms with E-state index in [1.54, 1.807) is 36.4 Å². The molecule has 0 saturated heterocycles. The van der Waals surface area contributed by atoms with E-state index in [0.29, 0.717) is 17.9 Å². The highest BCUT2D eigenvalue weighted by atomic mass is 19.1. The van der Waals surface area contributed by atoms with Crippen LogP contribution >= 0.6 is 0 Å². The van der Waals surface area contributed by atoms with E-state index in [1.807, 2.05) is 43.3 Å². The Morgan fingerprint density at radius 1 is 1.07 bits per heavy atom. The molecule has 0 heterocycles. The van der Waals surface area contributed by atoms with Gasteiger partial charge in [-0.15, -0.1) is 0 Å². The van der Waals surface area contributed by atoms with Gasteiger partial charge < -0.3 is 10.1 Å². The zero-order valence-corrected chi connectivity index (χ0v) is 16.5. The summed E-state index contributed by atoms with van der Waals surface area (Å²) in [7, 11) is 0. The fourth-order valence-electron chi connectivity index (χ4n) is 2.82. The monoisotopic (exact) mass is 400 g/mol. The quantitative estimate of drug-likeness (QED) is 0.439. The Labute approximate surface area is 175 Å². The first kappa shape index (κ1) is 20.8. The molecule has 1 atom stereocenters. The molecule has 3 aromatic carbocycles. The van der Waals surface area contributed by atoms with E-state index in [1.165, 1.54) is 18.2 Å². The maximum Gasteiger partial charge on any atom is 0.262 e. The predicted octanol–water partition coefficient (Wildman–Crippen LogP) is 5.19. The molecule has 1 amide bonds. The molecule has 0 bridgehead atoms. The lowest BCUT2D eigenvalue weighted by molar-refractivity contribution is -0.117. The van der Waals surface area contributed by atoms with Crippen LogP contribution in [-0.2, 0) is 11.4 Å². The number of carbonyl (C=O) groups excluding carboxylic acids is 1. The molecule has 3 rings (SSSR count). The van der Waals surface area contributed by atoms with Crippen molar-refractivity contribution in [1.29, 1.82) is 5.26 Å². The van der Waals surface area contributed by atoms with Crippen LogP contribution in [0.1, 0.15) is 29.7 Å². The van der Waals surface area contributed by atoms with Gasteiger partial charge in [-0.2, -0.15) is 5.26 Å². The molecule has 0 aliphatic carbocycles. The van der Waals surface area contributed by atoms with Gasteiger partial charge in [-0.25, -0.2) is 4.39 Å². The molecule has 5 heteroatoms. The lowest BCUT2D eigenvalue weighted by atomic mass is 10.1. The van der Waals surface area contributed by atoms with Crippen LogP contribution in [0.5, 0.6) is 5.75 Å². The zero-order chi connectivity index (χ0) is 21.3. The minimum atomic E-state index is -0.425. The van der Waals surface area contributed by atoms with Crippen LogP contribution in [0.15, 0.2) is 84.4 Å². The number of halogens is 1. The molecular weight excluding hydrogens is 379 g/mol. The van der Waals surface area contributed by atoms with E-state index >= 15 is 0 Å². The van der Waals surface area contributed by atoms with Gasteiger partial charge in [-0.3, -0.25) is 4.79 Å². The normalized spacial score (nSPS) is 12.0. The van der Waals surface area contributed by atoms with Crippen LogP contribution in [0.25, 0.3) is 6.08 Å². The SMILES string of the molecule is C[C@@H](NC(=O)/C(C#N)=C/c1ccc(OCc2ccc(F)cc2)cc1)c1ccccc1. The maximum absolute atomic E-state index is 12.9. The van der Waals surface area contributed by atoms with Crippen molar-refractivity contribution in [3.05, 3.63) is 107 Å². The van der Waals surface area contributed by atoms with Crippen LogP contribution < -0.4 is 10.1 Å². The van der Waals surface area contributed by atoms with E-state index in [9.17, 15) is 14.4 Å². The third kappa shape index (κ3) is 5.79. The summed E-state index contributed by atoms with van der Waals surface area (Å²) < 4.78 is 18.6. The van der Waals surface area contributed by atoms with Crippen LogP contribution in [0, 0.1) is 17.1 Å². The Morgan fingerprint density at radius 2 is 1.73 bits per heavy atom. The molecule has 3 aromatic rings. The lowest BCUT2D eigenvalue weighted by Crippen LogP contribution is -2.27. The van der Waals surface area contributed by atoms with Crippen molar-refractivity contribution in [1.82, 2.24) is 5.32 Å². The van der Waals surface area contributed by atoms with Gasteiger partial charge in [0.2, 0.25) is 0 Å². The number of carbonyl (C=O) groups is 1. The highest BCUT2D eigenvalue weighted by molar-refractivity contribution is 6.01. The molecule has 4 nitrogen and oxygen atoms in total. The standard InChI is InChI=1S/C25H21FN2O2/c1-18(21-5-3-2-4-6-21)28-25(29)22(16-27)15-19-9-13-24(14-10-19)30-17-20-7-11-23(26)12-8-20/h2-15,18H,17H2,1H3,(H,28,29)/b22-15+/t18-/m1/s1. The molecule has 0 unspecified atom stereocenters. The summed E-state index contributed by atoms with van der Waals surface area (Å²) in [6.45, 7) is 2.19. The van der Waals surface area contributed by atoms with Gasteiger partial charge in [0.25, 0.3) is 5.91 Å². The van der Waals surface area contributed by atoms with E-state index in [-0.39, 0.29) is 17.4 Å². The molecule has 1 N–H and O–H groups in total. The number of ether oxygens (including phenoxy) is 1. The molecule has 0 fully saturated rings. The number of benzene rings is 3. The maximum atomic E-state index is 12.9. The zero-order valence-electron chi connectivity index (χ0n) is 16.5. The number of rotatable bonds is 7. The number of hydrogen-bond acceptors (Lipinski definition) is 3. The molecule has 0 spiro atoms.